The summed E-state index contributed by atoms with van der Waals surface area (Å²) in [4.78, 5) is 14.6. The predicted molar refractivity (Wildman–Crippen MR) is 99.2 cm³/mol. The topological polar surface area (TPSA) is 69.2 Å². The Morgan fingerprint density at radius 1 is 1.15 bits per heavy atom. The van der Waals surface area contributed by atoms with E-state index in [1.54, 1.807) is 0 Å². The van der Waals surface area contributed by atoms with Crippen LogP contribution in [0.5, 0.6) is 0 Å². The number of morpholine rings is 1. The van der Waals surface area contributed by atoms with Crippen molar-refractivity contribution < 1.29 is 27.7 Å². The van der Waals surface area contributed by atoms with Crippen molar-refractivity contribution in [2.24, 2.45) is 0 Å². The van der Waals surface area contributed by atoms with Gasteiger partial charge in [-0.1, -0.05) is 42.5 Å². The SMILES string of the molecule is [Cl-].[NH3+][C@@H](Cc1ccc2ccccc2c1)C(=O)NCCCN1CCOCC1. The maximum atomic E-state index is 12.3. The summed E-state index contributed by atoms with van der Waals surface area (Å²) in [6.07, 6.45) is 1.63. The maximum absolute atomic E-state index is 12.3. The van der Waals surface area contributed by atoms with Gasteiger partial charge >= 0.3 is 0 Å². The first-order valence-electron chi connectivity index (χ1n) is 9.11. The van der Waals surface area contributed by atoms with Gasteiger partial charge in [0.05, 0.1) is 13.2 Å². The van der Waals surface area contributed by atoms with Crippen molar-refractivity contribution in [2.75, 3.05) is 39.4 Å². The molecular formula is C20H28ClN3O2. The third-order valence-corrected chi connectivity index (χ3v) is 4.72. The van der Waals surface area contributed by atoms with Crippen molar-refractivity contribution in [3.05, 3.63) is 48.0 Å². The van der Waals surface area contributed by atoms with Gasteiger partial charge in [0.15, 0.2) is 6.04 Å². The quantitative estimate of drug-likeness (QED) is 0.540. The monoisotopic (exact) mass is 377 g/mol. The molecule has 0 aromatic heterocycles. The molecule has 4 N–H and O–H groups in total. The molecule has 6 heteroatoms. The van der Waals surface area contributed by atoms with E-state index in [1.165, 1.54) is 10.8 Å². The Morgan fingerprint density at radius 3 is 2.65 bits per heavy atom. The number of amides is 1. The third kappa shape index (κ3) is 5.95. The molecule has 1 heterocycles. The molecule has 0 unspecified atom stereocenters. The lowest BCUT2D eigenvalue weighted by Crippen LogP contribution is -3.00. The highest BCUT2D eigenvalue weighted by Gasteiger charge is 2.17. The average molecular weight is 378 g/mol. The Kier molecular flexibility index (Phi) is 8.32. The minimum absolute atomic E-state index is 0. The van der Waals surface area contributed by atoms with Crippen molar-refractivity contribution >= 4 is 16.7 Å². The van der Waals surface area contributed by atoms with Crippen LogP contribution in [0.3, 0.4) is 0 Å². The van der Waals surface area contributed by atoms with Gasteiger partial charge in [0.2, 0.25) is 0 Å². The van der Waals surface area contributed by atoms with Crippen LogP contribution in [0.1, 0.15) is 12.0 Å². The molecule has 1 saturated heterocycles. The number of benzene rings is 2. The lowest BCUT2D eigenvalue weighted by molar-refractivity contribution is -0.403. The van der Waals surface area contributed by atoms with Gasteiger partial charge in [0.25, 0.3) is 5.91 Å². The number of carbonyl (C=O) groups is 1. The molecule has 5 nitrogen and oxygen atoms in total. The van der Waals surface area contributed by atoms with E-state index in [0.29, 0.717) is 13.0 Å². The molecule has 142 valence electrons. The highest BCUT2D eigenvalue weighted by molar-refractivity contribution is 5.84. The Labute approximate surface area is 161 Å². The average Bonchev–Trinajstić information content (AvgIpc) is 2.65. The van der Waals surface area contributed by atoms with Crippen LogP contribution >= 0.6 is 0 Å². The molecule has 0 saturated carbocycles. The van der Waals surface area contributed by atoms with Crippen molar-refractivity contribution in [3.63, 3.8) is 0 Å². The number of halogens is 1. The Bertz CT molecular complexity index is 704. The molecule has 1 aliphatic rings. The second-order valence-corrected chi connectivity index (χ2v) is 6.68. The van der Waals surface area contributed by atoms with Gasteiger partial charge < -0.3 is 28.2 Å². The van der Waals surface area contributed by atoms with E-state index in [4.69, 9.17) is 4.74 Å². The number of hydrogen-bond acceptors (Lipinski definition) is 3. The first-order valence-corrected chi connectivity index (χ1v) is 9.11. The molecule has 0 radical (unpaired) electrons. The van der Waals surface area contributed by atoms with Gasteiger partial charge in [-0.3, -0.25) is 9.69 Å². The zero-order chi connectivity index (χ0) is 17.5. The van der Waals surface area contributed by atoms with Gasteiger partial charge in [0, 0.05) is 26.1 Å². The highest BCUT2D eigenvalue weighted by atomic mass is 35.5. The fourth-order valence-corrected chi connectivity index (χ4v) is 3.23. The minimum Gasteiger partial charge on any atom is -1.00 e. The van der Waals surface area contributed by atoms with E-state index in [2.05, 4.69) is 46.3 Å². The smallest absolute Gasteiger partial charge is 0.278 e. The van der Waals surface area contributed by atoms with Crippen LogP contribution in [0.25, 0.3) is 10.8 Å². The minimum atomic E-state index is -0.260. The van der Waals surface area contributed by atoms with Crippen molar-refractivity contribution in [1.29, 1.82) is 0 Å². The van der Waals surface area contributed by atoms with Crippen LogP contribution in [0.4, 0.5) is 0 Å². The van der Waals surface area contributed by atoms with Gasteiger partial charge in [0.1, 0.15) is 0 Å². The normalized spacial score (nSPS) is 16.0. The molecule has 2 aromatic carbocycles. The first kappa shape index (κ1) is 20.6. The fourth-order valence-electron chi connectivity index (χ4n) is 3.23. The number of fused-ring (bicyclic) bond motifs is 1. The van der Waals surface area contributed by atoms with Crippen LogP contribution in [0.15, 0.2) is 42.5 Å². The van der Waals surface area contributed by atoms with Crippen LogP contribution in [-0.2, 0) is 16.0 Å². The predicted octanol–water partition coefficient (Wildman–Crippen LogP) is -2.16. The summed E-state index contributed by atoms with van der Waals surface area (Å²) < 4.78 is 5.34. The lowest BCUT2D eigenvalue weighted by Gasteiger charge is -2.26. The maximum Gasteiger partial charge on any atom is 0.278 e. The summed E-state index contributed by atoms with van der Waals surface area (Å²) >= 11 is 0. The Hall–Kier alpha value is -1.66. The second kappa shape index (κ2) is 10.5. The molecular weight excluding hydrogens is 350 g/mol. The third-order valence-electron chi connectivity index (χ3n) is 4.72. The van der Waals surface area contributed by atoms with E-state index in [9.17, 15) is 4.79 Å². The summed E-state index contributed by atoms with van der Waals surface area (Å²) in [5, 5.41) is 5.45. The largest absolute Gasteiger partial charge is 1.00 e. The molecule has 1 fully saturated rings. The standard InChI is InChI=1S/C20H27N3O2.ClH/c21-19(15-16-6-7-17-4-1-2-5-18(17)14-16)20(24)22-8-3-9-23-10-12-25-13-11-23;/h1-2,4-7,14,19H,3,8-13,15,21H2,(H,22,24);1H/t19-;/m0./s1. The van der Waals surface area contributed by atoms with Crippen LogP contribution < -0.4 is 23.5 Å². The molecule has 0 aliphatic carbocycles. The molecule has 1 amide bonds. The van der Waals surface area contributed by atoms with Crippen molar-refractivity contribution in [1.82, 2.24) is 10.2 Å². The van der Waals surface area contributed by atoms with Crippen molar-refractivity contribution in [2.45, 2.75) is 18.9 Å². The summed E-state index contributed by atoms with van der Waals surface area (Å²) in [7, 11) is 0. The van der Waals surface area contributed by atoms with E-state index in [-0.39, 0.29) is 24.4 Å². The molecule has 0 bridgehead atoms. The molecule has 26 heavy (non-hydrogen) atoms. The molecule has 3 rings (SSSR count). The van der Waals surface area contributed by atoms with E-state index in [1.807, 2.05) is 12.1 Å². The highest BCUT2D eigenvalue weighted by Crippen LogP contribution is 2.16. The molecule has 1 atom stereocenters. The fraction of sp³-hybridized carbons (Fsp3) is 0.450. The zero-order valence-corrected chi connectivity index (χ0v) is 15.9. The summed E-state index contributed by atoms with van der Waals surface area (Å²) in [6.45, 7) is 5.34. The van der Waals surface area contributed by atoms with Crippen LogP contribution in [-0.4, -0.2) is 56.2 Å². The number of quaternary nitrogens is 1. The van der Waals surface area contributed by atoms with Crippen LogP contribution in [0.2, 0.25) is 0 Å². The van der Waals surface area contributed by atoms with E-state index in [0.717, 1.165) is 44.8 Å². The van der Waals surface area contributed by atoms with Gasteiger partial charge in [-0.05, 0) is 29.3 Å². The Balaban J connectivity index is 0.00000243. The number of carbonyl (C=O) groups excluding carboxylic acids is 1. The zero-order valence-electron chi connectivity index (χ0n) is 15.1. The van der Waals surface area contributed by atoms with Crippen LogP contribution in [0, 0.1) is 0 Å². The number of hydrogen-bond donors (Lipinski definition) is 2. The first-order chi connectivity index (χ1) is 12.2. The summed E-state index contributed by atoms with van der Waals surface area (Å²) in [5.41, 5.74) is 5.20. The molecule has 2 aromatic rings. The molecule has 1 aliphatic heterocycles. The Morgan fingerprint density at radius 2 is 1.88 bits per heavy atom. The van der Waals surface area contributed by atoms with Gasteiger partial charge in [-0.25, -0.2) is 0 Å². The number of rotatable bonds is 7. The van der Waals surface area contributed by atoms with Gasteiger partial charge in [-0.15, -0.1) is 0 Å². The number of ether oxygens (including phenoxy) is 1. The van der Waals surface area contributed by atoms with E-state index < -0.39 is 0 Å². The molecule has 0 spiro atoms. The summed E-state index contributed by atoms with van der Waals surface area (Å²) in [5.74, 6) is 0.0372. The van der Waals surface area contributed by atoms with Gasteiger partial charge in [-0.2, -0.15) is 0 Å². The lowest BCUT2D eigenvalue weighted by atomic mass is 10.0. The van der Waals surface area contributed by atoms with E-state index >= 15 is 0 Å². The second-order valence-electron chi connectivity index (χ2n) is 6.68. The number of nitrogens with zero attached hydrogens (tertiary/aromatic N) is 1. The number of nitrogens with one attached hydrogen (secondary N) is 1. The van der Waals surface area contributed by atoms with Crippen molar-refractivity contribution in [3.8, 4) is 0 Å². The summed E-state index contributed by atoms with van der Waals surface area (Å²) in [6, 6.07) is 14.4.